The third-order valence-corrected chi connectivity index (χ3v) is 2.51. The van der Waals surface area contributed by atoms with E-state index >= 15 is 0 Å². The van der Waals surface area contributed by atoms with E-state index in [1.54, 1.807) is 6.92 Å². The van der Waals surface area contributed by atoms with Crippen LogP contribution in [0.25, 0.3) is 0 Å². The highest BCUT2D eigenvalue weighted by molar-refractivity contribution is 5.20. The summed E-state index contributed by atoms with van der Waals surface area (Å²) in [6, 6.07) is 0. The van der Waals surface area contributed by atoms with Crippen molar-refractivity contribution in [2.24, 2.45) is 0 Å². The fraction of sp³-hybridized carbons (Fsp3) is 0.889. The standard InChI is InChI=1S/C8H16O5.CO2/c1-2-6(9)7(10)4-3-5-13-8(7,11)12;2-1-3/h6,9-12H,2-5H2,1H3;. The minimum atomic E-state index is -2.64. The molecule has 94 valence electrons. The van der Waals surface area contributed by atoms with Crippen molar-refractivity contribution in [2.45, 2.75) is 43.9 Å². The molecule has 7 nitrogen and oxygen atoms in total. The van der Waals surface area contributed by atoms with Gasteiger partial charge in [-0.2, -0.15) is 9.59 Å². The first-order valence-corrected chi connectivity index (χ1v) is 4.84. The van der Waals surface area contributed by atoms with Crippen molar-refractivity contribution in [2.75, 3.05) is 6.61 Å². The minimum absolute atomic E-state index is 0.120. The number of ether oxygens (including phenoxy) is 1. The van der Waals surface area contributed by atoms with Crippen LogP contribution in [0.4, 0.5) is 0 Å². The molecule has 7 heteroatoms. The number of rotatable bonds is 2. The second-order valence-corrected chi connectivity index (χ2v) is 3.49. The van der Waals surface area contributed by atoms with Crippen LogP contribution >= 0.6 is 0 Å². The maximum Gasteiger partial charge on any atom is 0.373 e. The summed E-state index contributed by atoms with van der Waals surface area (Å²) in [6.07, 6.45) is -0.0865. The van der Waals surface area contributed by atoms with Crippen molar-refractivity contribution in [1.82, 2.24) is 0 Å². The van der Waals surface area contributed by atoms with Gasteiger partial charge in [-0.25, -0.2) is 0 Å². The van der Waals surface area contributed by atoms with E-state index in [2.05, 4.69) is 4.74 Å². The lowest BCUT2D eigenvalue weighted by Gasteiger charge is -2.44. The number of aliphatic hydroxyl groups is 4. The Bertz CT molecular complexity index is 246. The van der Waals surface area contributed by atoms with E-state index in [0.29, 0.717) is 6.42 Å². The zero-order chi connectivity index (χ0) is 12.8. The summed E-state index contributed by atoms with van der Waals surface area (Å²) in [7, 11) is 0. The molecular formula is C9H16O7. The molecular weight excluding hydrogens is 220 g/mol. The number of carbonyl (C=O) groups excluding carboxylic acids is 2. The molecule has 0 aromatic carbocycles. The Balaban J connectivity index is 0.000000673. The predicted molar refractivity (Wildman–Crippen MR) is 48.6 cm³/mol. The molecule has 0 radical (unpaired) electrons. The van der Waals surface area contributed by atoms with Gasteiger partial charge in [0.25, 0.3) is 0 Å². The van der Waals surface area contributed by atoms with Gasteiger partial charge >= 0.3 is 12.1 Å². The van der Waals surface area contributed by atoms with Gasteiger partial charge in [-0.05, 0) is 19.3 Å². The predicted octanol–water partition coefficient (Wildman–Crippen LogP) is -1.65. The summed E-state index contributed by atoms with van der Waals surface area (Å²) in [5, 5.41) is 37.9. The molecule has 1 fully saturated rings. The zero-order valence-corrected chi connectivity index (χ0v) is 8.92. The van der Waals surface area contributed by atoms with Crippen LogP contribution in [0.15, 0.2) is 0 Å². The van der Waals surface area contributed by atoms with E-state index in [1.165, 1.54) is 0 Å². The molecule has 4 N–H and O–H groups in total. The average molecular weight is 236 g/mol. The minimum Gasteiger partial charge on any atom is -0.390 e. The quantitative estimate of drug-likeness (QED) is 0.423. The van der Waals surface area contributed by atoms with Crippen molar-refractivity contribution in [3.63, 3.8) is 0 Å². The molecule has 1 aliphatic heterocycles. The van der Waals surface area contributed by atoms with Crippen molar-refractivity contribution < 1.29 is 34.8 Å². The lowest BCUT2D eigenvalue weighted by molar-refractivity contribution is -0.437. The summed E-state index contributed by atoms with van der Waals surface area (Å²) >= 11 is 0. The van der Waals surface area contributed by atoms with Crippen LogP contribution in [0.1, 0.15) is 26.2 Å². The van der Waals surface area contributed by atoms with E-state index in [0.717, 1.165) is 0 Å². The maximum atomic E-state index is 9.79. The summed E-state index contributed by atoms with van der Waals surface area (Å²) in [5.74, 6) is -2.64. The highest BCUT2D eigenvalue weighted by Gasteiger charge is 2.55. The Morgan fingerprint density at radius 3 is 2.25 bits per heavy atom. The molecule has 0 amide bonds. The molecule has 1 aliphatic rings. The van der Waals surface area contributed by atoms with Crippen LogP contribution in [0.2, 0.25) is 0 Å². The van der Waals surface area contributed by atoms with Gasteiger partial charge in [-0.3, -0.25) is 0 Å². The van der Waals surface area contributed by atoms with Crippen molar-refractivity contribution in [3.05, 3.63) is 0 Å². The Kier molecular flexibility index (Phi) is 5.74. The van der Waals surface area contributed by atoms with Crippen LogP contribution < -0.4 is 0 Å². The Morgan fingerprint density at radius 2 is 1.88 bits per heavy atom. The second kappa shape index (κ2) is 6.05. The van der Waals surface area contributed by atoms with Crippen LogP contribution in [-0.4, -0.2) is 50.9 Å². The zero-order valence-electron chi connectivity index (χ0n) is 8.92. The molecule has 1 rings (SSSR count). The molecule has 0 aromatic heterocycles. The van der Waals surface area contributed by atoms with Crippen LogP contribution in [0, 0.1) is 0 Å². The maximum absolute atomic E-state index is 9.79. The van der Waals surface area contributed by atoms with E-state index in [9.17, 15) is 20.4 Å². The third kappa shape index (κ3) is 3.08. The first-order valence-electron chi connectivity index (χ1n) is 4.84. The smallest absolute Gasteiger partial charge is 0.373 e. The normalized spacial score (nSPS) is 29.6. The molecule has 16 heavy (non-hydrogen) atoms. The molecule has 2 unspecified atom stereocenters. The van der Waals surface area contributed by atoms with E-state index in [1.807, 2.05) is 0 Å². The SMILES string of the molecule is CCC(O)C1(O)CCCOC1(O)O.O=C=O. The summed E-state index contributed by atoms with van der Waals surface area (Å²) < 4.78 is 4.61. The van der Waals surface area contributed by atoms with Gasteiger partial charge in [0.2, 0.25) is 0 Å². The van der Waals surface area contributed by atoms with Gasteiger partial charge < -0.3 is 25.2 Å². The molecule has 1 heterocycles. The van der Waals surface area contributed by atoms with E-state index in [-0.39, 0.29) is 25.6 Å². The summed E-state index contributed by atoms with van der Waals surface area (Å²) in [4.78, 5) is 16.2. The first kappa shape index (κ1) is 15.2. The number of hydrogen-bond acceptors (Lipinski definition) is 7. The third-order valence-electron chi connectivity index (χ3n) is 2.51. The number of aliphatic hydroxyl groups excluding tert-OH is 1. The van der Waals surface area contributed by atoms with Gasteiger partial charge in [-0.1, -0.05) is 6.92 Å². The lowest BCUT2D eigenvalue weighted by atomic mass is 9.85. The van der Waals surface area contributed by atoms with Crippen molar-refractivity contribution >= 4 is 6.15 Å². The molecule has 0 bridgehead atoms. The Labute approximate surface area is 92.3 Å². The molecule has 0 spiro atoms. The molecule has 0 aromatic rings. The highest BCUT2D eigenvalue weighted by Crippen LogP contribution is 2.35. The molecule has 1 saturated heterocycles. The van der Waals surface area contributed by atoms with Gasteiger partial charge in [0.1, 0.15) is 0 Å². The molecule has 0 saturated carbocycles. The average Bonchev–Trinajstić information content (AvgIpc) is 2.22. The largest absolute Gasteiger partial charge is 0.390 e. The molecule has 2 atom stereocenters. The second-order valence-electron chi connectivity index (χ2n) is 3.49. The highest BCUT2D eigenvalue weighted by atomic mass is 16.8. The van der Waals surface area contributed by atoms with Gasteiger partial charge in [0.15, 0.2) is 5.60 Å². The van der Waals surface area contributed by atoms with Crippen molar-refractivity contribution in [3.8, 4) is 0 Å². The monoisotopic (exact) mass is 236 g/mol. The van der Waals surface area contributed by atoms with Crippen LogP contribution in [0.3, 0.4) is 0 Å². The van der Waals surface area contributed by atoms with Gasteiger partial charge in [-0.15, -0.1) is 0 Å². The molecule has 0 aliphatic carbocycles. The summed E-state index contributed by atoms with van der Waals surface area (Å²) in [5.41, 5.74) is -1.97. The van der Waals surface area contributed by atoms with Crippen molar-refractivity contribution in [1.29, 1.82) is 0 Å². The first-order chi connectivity index (χ1) is 7.35. The number of hydrogen-bond donors (Lipinski definition) is 4. The van der Waals surface area contributed by atoms with Crippen LogP contribution in [0.5, 0.6) is 0 Å². The van der Waals surface area contributed by atoms with E-state index < -0.39 is 17.7 Å². The Morgan fingerprint density at radius 1 is 1.38 bits per heavy atom. The van der Waals surface area contributed by atoms with Gasteiger partial charge in [0.05, 0.1) is 12.7 Å². The Hall–Kier alpha value is -0.820. The van der Waals surface area contributed by atoms with Gasteiger partial charge in [0, 0.05) is 0 Å². The lowest BCUT2D eigenvalue weighted by Crippen LogP contribution is -2.64. The fourth-order valence-electron chi connectivity index (χ4n) is 1.57. The summed E-state index contributed by atoms with van der Waals surface area (Å²) in [6.45, 7) is 1.82. The van der Waals surface area contributed by atoms with E-state index in [4.69, 9.17) is 9.59 Å². The van der Waals surface area contributed by atoms with Crippen LogP contribution in [-0.2, 0) is 14.3 Å². The fourth-order valence-corrected chi connectivity index (χ4v) is 1.57. The topological polar surface area (TPSA) is 124 Å².